The van der Waals surface area contributed by atoms with Crippen molar-refractivity contribution in [1.82, 2.24) is 10.2 Å². The lowest BCUT2D eigenvalue weighted by Crippen LogP contribution is -2.52. The second-order valence-electron chi connectivity index (χ2n) is 6.10. The van der Waals surface area contributed by atoms with E-state index in [1.54, 1.807) is 4.90 Å². The molecule has 1 aromatic carbocycles. The van der Waals surface area contributed by atoms with Crippen LogP contribution in [0.4, 0.5) is 0 Å². The number of benzene rings is 1. The number of hydrogen-bond acceptors (Lipinski definition) is 3. The second kappa shape index (κ2) is 4.91. The molecule has 0 saturated carbocycles. The lowest BCUT2D eigenvalue weighted by molar-refractivity contribution is -0.136. The Hall–Kier alpha value is -1.69. The molecule has 114 valence electrons. The summed E-state index contributed by atoms with van der Waals surface area (Å²) in [6, 6.07) is 1.36. The minimum Gasteiger partial charge on any atom is -0.322 e. The lowest BCUT2D eigenvalue weighted by Gasteiger charge is -2.29. The van der Waals surface area contributed by atoms with Gasteiger partial charge in [-0.1, -0.05) is 15.9 Å². The molecule has 0 bridgehead atoms. The second-order valence-corrected chi connectivity index (χ2v) is 6.95. The van der Waals surface area contributed by atoms with Gasteiger partial charge in [-0.2, -0.15) is 0 Å². The van der Waals surface area contributed by atoms with Crippen LogP contribution in [0, 0.1) is 0 Å². The molecule has 5 nitrogen and oxygen atoms in total. The van der Waals surface area contributed by atoms with Crippen LogP contribution in [0.25, 0.3) is 0 Å². The van der Waals surface area contributed by atoms with Crippen molar-refractivity contribution in [3.05, 3.63) is 32.8 Å². The van der Waals surface area contributed by atoms with Crippen molar-refractivity contribution in [1.29, 1.82) is 0 Å². The summed E-state index contributed by atoms with van der Waals surface area (Å²) in [7, 11) is 0. The Kier molecular flexibility index (Phi) is 3.11. The molecule has 1 fully saturated rings. The van der Waals surface area contributed by atoms with Gasteiger partial charge in [-0.05, 0) is 48.4 Å². The minimum atomic E-state index is -0.534. The number of imide groups is 1. The van der Waals surface area contributed by atoms with Gasteiger partial charge in [0.05, 0.1) is 0 Å². The van der Waals surface area contributed by atoms with Crippen LogP contribution in [-0.2, 0) is 29.0 Å². The molecule has 1 atom stereocenters. The van der Waals surface area contributed by atoms with Gasteiger partial charge in [0, 0.05) is 23.0 Å². The molecule has 0 spiro atoms. The van der Waals surface area contributed by atoms with E-state index < -0.39 is 6.04 Å². The first-order chi connectivity index (χ1) is 10.6. The van der Waals surface area contributed by atoms with Crippen LogP contribution in [-0.4, -0.2) is 28.7 Å². The SMILES string of the molecule is O=C1CCC(N2Cc3c(cc(Br)c4c3CCC4)C2=O)C(=O)N1. The van der Waals surface area contributed by atoms with Crippen LogP contribution in [0.3, 0.4) is 0 Å². The Morgan fingerprint density at radius 1 is 1.09 bits per heavy atom. The highest BCUT2D eigenvalue weighted by molar-refractivity contribution is 9.10. The summed E-state index contributed by atoms with van der Waals surface area (Å²) in [5, 5.41) is 2.34. The quantitative estimate of drug-likeness (QED) is 0.773. The highest BCUT2D eigenvalue weighted by Gasteiger charge is 2.40. The van der Waals surface area contributed by atoms with Gasteiger partial charge in [0.25, 0.3) is 5.91 Å². The highest BCUT2D eigenvalue weighted by atomic mass is 79.9. The largest absolute Gasteiger partial charge is 0.322 e. The standard InChI is InChI=1S/C16H15BrN2O3/c17-12-6-10-11(8-2-1-3-9(8)12)7-19(16(10)22)13-4-5-14(20)18-15(13)21/h6,13H,1-5,7H2,(H,18,20,21). The molecular weight excluding hydrogens is 348 g/mol. The fourth-order valence-electron chi connectivity index (χ4n) is 3.80. The molecule has 22 heavy (non-hydrogen) atoms. The third kappa shape index (κ3) is 1.93. The molecule has 1 N–H and O–H groups in total. The van der Waals surface area contributed by atoms with Gasteiger partial charge < -0.3 is 4.90 Å². The number of hydrogen-bond donors (Lipinski definition) is 1. The Balaban J connectivity index is 1.71. The maximum atomic E-state index is 12.7. The first kappa shape index (κ1) is 13.9. The molecule has 0 radical (unpaired) electrons. The van der Waals surface area contributed by atoms with Gasteiger partial charge in [-0.3, -0.25) is 19.7 Å². The van der Waals surface area contributed by atoms with E-state index in [-0.39, 0.29) is 17.7 Å². The van der Waals surface area contributed by atoms with Crippen LogP contribution in [0.5, 0.6) is 0 Å². The summed E-state index contributed by atoms with van der Waals surface area (Å²) in [4.78, 5) is 37.7. The van der Waals surface area contributed by atoms with Crippen LogP contribution < -0.4 is 5.32 Å². The van der Waals surface area contributed by atoms with E-state index >= 15 is 0 Å². The maximum Gasteiger partial charge on any atom is 0.255 e. The fourth-order valence-corrected chi connectivity index (χ4v) is 4.47. The van der Waals surface area contributed by atoms with Gasteiger partial charge in [0.15, 0.2) is 0 Å². The van der Waals surface area contributed by atoms with Crippen LogP contribution >= 0.6 is 15.9 Å². The Morgan fingerprint density at radius 2 is 1.86 bits per heavy atom. The van der Waals surface area contributed by atoms with E-state index in [1.165, 1.54) is 11.1 Å². The van der Waals surface area contributed by atoms with E-state index in [9.17, 15) is 14.4 Å². The summed E-state index contributed by atoms with van der Waals surface area (Å²) >= 11 is 3.57. The monoisotopic (exact) mass is 362 g/mol. The van der Waals surface area contributed by atoms with Crippen molar-refractivity contribution in [3.8, 4) is 0 Å². The Labute approximate surface area is 136 Å². The first-order valence-corrected chi connectivity index (χ1v) is 8.33. The van der Waals surface area contributed by atoms with Gasteiger partial charge >= 0.3 is 0 Å². The molecule has 1 saturated heterocycles. The third-order valence-electron chi connectivity index (χ3n) is 4.87. The van der Waals surface area contributed by atoms with Crippen LogP contribution in [0.2, 0.25) is 0 Å². The number of piperidine rings is 1. The summed E-state index contributed by atoms with van der Waals surface area (Å²) in [5.41, 5.74) is 4.35. The number of carbonyl (C=O) groups is 3. The normalized spacial score (nSPS) is 23.6. The molecule has 1 aliphatic carbocycles. The smallest absolute Gasteiger partial charge is 0.255 e. The summed E-state index contributed by atoms with van der Waals surface area (Å²) < 4.78 is 0.997. The van der Waals surface area contributed by atoms with Crippen LogP contribution in [0.15, 0.2) is 10.5 Å². The molecule has 3 aliphatic rings. The summed E-state index contributed by atoms with van der Waals surface area (Å²) in [6.07, 6.45) is 3.84. The first-order valence-electron chi connectivity index (χ1n) is 7.54. The number of nitrogens with one attached hydrogen (secondary N) is 1. The third-order valence-corrected chi connectivity index (χ3v) is 5.58. The van der Waals surface area contributed by atoms with E-state index in [0.717, 1.165) is 29.3 Å². The predicted molar refractivity (Wildman–Crippen MR) is 82.2 cm³/mol. The fraction of sp³-hybridized carbons (Fsp3) is 0.438. The summed E-state index contributed by atoms with van der Waals surface area (Å²) in [6.45, 7) is 0.482. The molecule has 1 unspecified atom stereocenters. The number of amides is 3. The number of carbonyl (C=O) groups excluding carboxylic acids is 3. The molecule has 1 aromatic rings. The Morgan fingerprint density at radius 3 is 2.64 bits per heavy atom. The number of rotatable bonds is 1. The molecule has 2 aliphatic heterocycles. The van der Waals surface area contributed by atoms with Gasteiger partial charge in [0.2, 0.25) is 11.8 Å². The summed E-state index contributed by atoms with van der Waals surface area (Å²) in [5.74, 6) is -0.706. The van der Waals surface area contributed by atoms with Crippen LogP contribution in [0.1, 0.15) is 46.3 Å². The lowest BCUT2D eigenvalue weighted by atomic mass is 10.00. The molecular formula is C16H15BrN2O3. The van der Waals surface area contributed by atoms with E-state index in [1.807, 2.05) is 6.07 Å². The minimum absolute atomic E-state index is 0.0973. The number of fused-ring (bicyclic) bond motifs is 3. The molecule has 3 amide bonds. The number of nitrogens with zero attached hydrogens (tertiary/aromatic N) is 1. The Bertz CT molecular complexity index is 729. The van der Waals surface area contributed by atoms with Crippen molar-refractivity contribution in [2.24, 2.45) is 0 Å². The number of halogens is 1. The van der Waals surface area contributed by atoms with Crippen molar-refractivity contribution >= 4 is 33.7 Å². The predicted octanol–water partition coefficient (Wildman–Crippen LogP) is 1.70. The van der Waals surface area contributed by atoms with Gasteiger partial charge in [-0.25, -0.2) is 0 Å². The van der Waals surface area contributed by atoms with Crippen molar-refractivity contribution < 1.29 is 14.4 Å². The zero-order chi connectivity index (χ0) is 15.4. The van der Waals surface area contributed by atoms with Crippen molar-refractivity contribution in [2.75, 3.05) is 0 Å². The molecule has 0 aromatic heterocycles. The van der Waals surface area contributed by atoms with E-state index in [4.69, 9.17) is 0 Å². The zero-order valence-electron chi connectivity index (χ0n) is 11.9. The maximum absolute atomic E-state index is 12.7. The zero-order valence-corrected chi connectivity index (χ0v) is 13.5. The van der Waals surface area contributed by atoms with Gasteiger partial charge in [-0.15, -0.1) is 0 Å². The average Bonchev–Trinajstić information content (AvgIpc) is 3.06. The molecule has 6 heteroatoms. The topological polar surface area (TPSA) is 66.5 Å². The van der Waals surface area contributed by atoms with E-state index in [0.29, 0.717) is 24.9 Å². The average molecular weight is 363 g/mol. The van der Waals surface area contributed by atoms with E-state index in [2.05, 4.69) is 21.2 Å². The van der Waals surface area contributed by atoms with Gasteiger partial charge in [0.1, 0.15) is 6.04 Å². The van der Waals surface area contributed by atoms with Crippen molar-refractivity contribution in [3.63, 3.8) is 0 Å². The molecule has 2 heterocycles. The highest BCUT2D eigenvalue weighted by Crippen LogP contribution is 2.39. The van der Waals surface area contributed by atoms with Crippen molar-refractivity contribution in [2.45, 2.75) is 44.7 Å². The molecule has 4 rings (SSSR count).